The van der Waals surface area contributed by atoms with Gasteiger partial charge in [-0.1, -0.05) is 30.3 Å². The van der Waals surface area contributed by atoms with Crippen molar-refractivity contribution in [3.05, 3.63) is 35.9 Å². The summed E-state index contributed by atoms with van der Waals surface area (Å²) in [5.41, 5.74) is -0.581. The molecular formula is C13H19NO5S. The van der Waals surface area contributed by atoms with Crippen molar-refractivity contribution in [2.45, 2.75) is 19.4 Å². The monoisotopic (exact) mass is 301 g/mol. The van der Waals surface area contributed by atoms with E-state index in [0.29, 0.717) is 5.56 Å². The lowest BCUT2D eigenvalue weighted by Crippen LogP contribution is -2.48. The molecular weight excluding hydrogens is 282 g/mol. The van der Waals surface area contributed by atoms with Crippen LogP contribution in [0.15, 0.2) is 30.3 Å². The highest BCUT2D eigenvalue weighted by Gasteiger charge is 2.32. The number of hydrogen-bond donors (Lipinski definition) is 2. The zero-order chi connectivity index (χ0) is 15.2. The molecule has 0 amide bonds. The topological polar surface area (TPSA) is 92.7 Å². The van der Waals surface area contributed by atoms with Crippen LogP contribution >= 0.6 is 0 Å². The van der Waals surface area contributed by atoms with Gasteiger partial charge in [0.25, 0.3) is 0 Å². The summed E-state index contributed by atoms with van der Waals surface area (Å²) < 4.78 is 30.8. The van der Waals surface area contributed by atoms with Gasteiger partial charge < -0.3 is 9.84 Å². The van der Waals surface area contributed by atoms with E-state index < -0.39 is 33.9 Å². The van der Waals surface area contributed by atoms with Crippen LogP contribution in [-0.2, 0) is 25.1 Å². The number of nitrogens with one attached hydrogen (secondary N) is 1. The van der Waals surface area contributed by atoms with Crippen molar-refractivity contribution < 1.29 is 23.1 Å². The highest BCUT2D eigenvalue weighted by molar-refractivity contribution is 7.90. The van der Waals surface area contributed by atoms with Gasteiger partial charge in [-0.3, -0.25) is 4.79 Å². The fraction of sp³-hybridized carbons (Fsp3) is 0.462. The molecule has 0 saturated carbocycles. The Hall–Kier alpha value is -1.44. The maximum absolute atomic E-state index is 11.9. The molecule has 0 fully saturated rings. The summed E-state index contributed by atoms with van der Waals surface area (Å²) in [6.45, 7) is 2.83. The number of ether oxygens (including phenoxy) is 1. The number of carbonyl (C=O) groups excluding carboxylic acids is 1. The van der Waals surface area contributed by atoms with Crippen LogP contribution in [0.25, 0.3) is 0 Å². The quantitative estimate of drug-likeness (QED) is 0.710. The largest absolute Gasteiger partial charge is 0.465 e. The molecule has 1 aromatic rings. The molecule has 6 nitrogen and oxygen atoms in total. The minimum Gasteiger partial charge on any atom is -0.465 e. The van der Waals surface area contributed by atoms with Crippen LogP contribution in [0.5, 0.6) is 0 Å². The third kappa shape index (κ3) is 4.59. The van der Waals surface area contributed by atoms with E-state index in [1.807, 2.05) is 0 Å². The second-order valence-electron chi connectivity index (χ2n) is 4.52. The minimum absolute atomic E-state index is 0.115. The summed E-state index contributed by atoms with van der Waals surface area (Å²) in [4.78, 5) is 11.3. The number of hydrogen-bond acceptors (Lipinski definition) is 5. The smallest absolute Gasteiger partial charge is 0.322 e. The zero-order valence-corrected chi connectivity index (χ0v) is 12.3. The van der Waals surface area contributed by atoms with Gasteiger partial charge >= 0.3 is 5.97 Å². The predicted octanol–water partition coefficient (Wildman–Crippen LogP) is 0.377. The van der Waals surface area contributed by atoms with Gasteiger partial charge in [0.15, 0.2) is 5.75 Å². The molecule has 0 spiro atoms. The van der Waals surface area contributed by atoms with Gasteiger partial charge in [0.1, 0.15) is 0 Å². The third-order valence-electron chi connectivity index (χ3n) is 2.72. The Morgan fingerprint density at radius 1 is 1.35 bits per heavy atom. The Kier molecular flexibility index (Phi) is 5.67. The van der Waals surface area contributed by atoms with Crippen LogP contribution < -0.4 is 4.72 Å². The summed E-state index contributed by atoms with van der Waals surface area (Å²) in [7, 11) is -3.91. The van der Waals surface area contributed by atoms with Crippen LogP contribution in [0.3, 0.4) is 0 Å². The lowest BCUT2D eigenvalue weighted by atomic mass is 9.94. The summed E-state index contributed by atoms with van der Waals surface area (Å²) in [5.74, 6) is -1.60. The van der Waals surface area contributed by atoms with Crippen LogP contribution in [0.4, 0.5) is 0 Å². The van der Waals surface area contributed by atoms with Crippen molar-refractivity contribution in [1.82, 2.24) is 4.72 Å². The lowest BCUT2D eigenvalue weighted by Gasteiger charge is -2.28. The number of aliphatic hydroxyl groups excluding tert-OH is 1. The molecule has 20 heavy (non-hydrogen) atoms. The SMILES string of the molecule is CCOC(=O)CS(=O)(=O)NC(C)(CO)c1ccccc1. The van der Waals surface area contributed by atoms with E-state index in [2.05, 4.69) is 9.46 Å². The Balaban J connectivity index is 2.90. The first-order valence-corrected chi connectivity index (χ1v) is 7.82. The van der Waals surface area contributed by atoms with E-state index in [4.69, 9.17) is 0 Å². The molecule has 1 rings (SSSR count). The number of benzene rings is 1. The first-order valence-electron chi connectivity index (χ1n) is 6.16. The van der Waals surface area contributed by atoms with Crippen LogP contribution in [0.1, 0.15) is 19.4 Å². The average molecular weight is 301 g/mol. The van der Waals surface area contributed by atoms with E-state index in [1.165, 1.54) is 0 Å². The molecule has 0 heterocycles. The first-order chi connectivity index (χ1) is 9.33. The maximum Gasteiger partial charge on any atom is 0.322 e. The van der Waals surface area contributed by atoms with Gasteiger partial charge in [-0.2, -0.15) is 0 Å². The molecule has 1 atom stereocenters. The van der Waals surface area contributed by atoms with E-state index in [9.17, 15) is 18.3 Å². The molecule has 0 aliphatic rings. The van der Waals surface area contributed by atoms with Crippen molar-refractivity contribution in [2.24, 2.45) is 0 Å². The van der Waals surface area contributed by atoms with Gasteiger partial charge in [-0.25, -0.2) is 13.1 Å². The predicted molar refractivity (Wildman–Crippen MR) is 74.4 cm³/mol. The molecule has 7 heteroatoms. The summed E-state index contributed by atoms with van der Waals surface area (Å²) in [5, 5.41) is 9.50. The molecule has 0 bridgehead atoms. The minimum atomic E-state index is -3.91. The maximum atomic E-state index is 11.9. The first kappa shape index (κ1) is 16.6. The molecule has 0 aliphatic carbocycles. The molecule has 112 valence electrons. The third-order valence-corrected chi connectivity index (χ3v) is 4.10. The standard InChI is InChI=1S/C13H19NO5S/c1-3-19-12(16)9-20(17,18)14-13(2,10-15)11-7-5-4-6-8-11/h4-8,14-15H,3,9-10H2,1-2H3. The Bertz CT molecular complexity index is 543. The number of carbonyl (C=O) groups is 1. The van der Waals surface area contributed by atoms with Gasteiger partial charge in [0.2, 0.25) is 10.0 Å². The highest BCUT2D eigenvalue weighted by atomic mass is 32.2. The summed E-state index contributed by atoms with van der Waals surface area (Å²) >= 11 is 0. The van der Waals surface area contributed by atoms with Crippen molar-refractivity contribution in [3.8, 4) is 0 Å². The Morgan fingerprint density at radius 2 is 1.95 bits per heavy atom. The van der Waals surface area contributed by atoms with E-state index in [1.54, 1.807) is 44.2 Å². The van der Waals surface area contributed by atoms with E-state index >= 15 is 0 Å². The van der Waals surface area contributed by atoms with E-state index in [0.717, 1.165) is 0 Å². The second-order valence-corrected chi connectivity index (χ2v) is 6.24. The number of aliphatic hydroxyl groups is 1. The molecule has 0 aliphatic heterocycles. The van der Waals surface area contributed by atoms with E-state index in [-0.39, 0.29) is 6.61 Å². The van der Waals surface area contributed by atoms with Gasteiger partial charge in [0, 0.05) is 0 Å². The molecule has 1 aromatic carbocycles. The number of esters is 1. The van der Waals surface area contributed by atoms with Crippen molar-refractivity contribution in [3.63, 3.8) is 0 Å². The molecule has 2 N–H and O–H groups in total. The van der Waals surface area contributed by atoms with Crippen molar-refractivity contribution >= 4 is 16.0 Å². The fourth-order valence-corrected chi connectivity index (χ4v) is 3.06. The molecule has 0 saturated heterocycles. The van der Waals surface area contributed by atoms with Crippen LogP contribution in [-0.4, -0.2) is 38.5 Å². The lowest BCUT2D eigenvalue weighted by molar-refractivity contribution is -0.139. The summed E-state index contributed by atoms with van der Waals surface area (Å²) in [6, 6.07) is 8.66. The fourth-order valence-electron chi connectivity index (χ4n) is 1.73. The number of rotatable bonds is 7. The van der Waals surface area contributed by atoms with Crippen LogP contribution in [0, 0.1) is 0 Å². The second kappa shape index (κ2) is 6.83. The molecule has 0 aromatic heterocycles. The average Bonchev–Trinajstić information content (AvgIpc) is 2.38. The molecule has 1 unspecified atom stereocenters. The van der Waals surface area contributed by atoms with Gasteiger partial charge in [0.05, 0.1) is 18.8 Å². The van der Waals surface area contributed by atoms with Gasteiger partial charge in [-0.05, 0) is 19.4 Å². The normalized spacial score (nSPS) is 14.6. The van der Waals surface area contributed by atoms with Crippen molar-refractivity contribution in [1.29, 1.82) is 0 Å². The highest BCUT2D eigenvalue weighted by Crippen LogP contribution is 2.21. The Morgan fingerprint density at radius 3 is 2.45 bits per heavy atom. The Labute approximate surface area is 118 Å². The molecule has 0 radical (unpaired) electrons. The number of sulfonamides is 1. The summed E-state index contributed by atoms with van der Waals surface area (Å²) in [6.07, 6.45) is 0. The van der Waals surface area contributed by atoms with Gasteiger partial charge in [-0.15, -0.1) is 0 Å². The van der Waals surface area contributed by atoms with Crippen LogP contribution in [0.2, 0.25) is 0 Å². The zero-order valence-electron chi connectivity index (χ0n) is 11.5. The van der Waals surface area contributed by atoms with Crippen molar-refractivity contribution in [2.75, 3.05) is 19.0 Å².